The lowest BCUT2D eigenvalue weighted by Crippen LogP contribution is -2.54. The molecule has 0 aromatic heterocycles. The molecule has 1 N–H and O–H groups in total. The van der Waals surface area contributed by atoms with Gasteiger partial charge in [0.1, 0.15) is 19.0 Å². The number of carbonyl (C=O) groups is 6. The largest absolute Gasteiger partial charge is 0.493 e. The number of hydrogen-bond donors (Lipinski definition) is 1. The van der Waals surface area contributed by atoms with Crippen molar-refractivity contribution in [3.8, 4) is 23.0 Å². The second-order valence-electron chi connectivity index (χ2n) is 18.6. The van der Waals surface area contributed by atoms with Crippen LogP contribution in [-0.2, 0) is 38.0 Å². The van der Waals surface area contributed by atoms with Crippen LogP contribution in [0.15, 0.2) is 49.6 Å². The first kappa shape index (κ1) is 55.3. The van der Waals surface area contributed by atoms with E-state index in [0.29, 0.717) is 93.3 Å². The summed E-state index contributed by atoms with van der Waals surface area (Å²) in [7, 11) is 2.94. The number of ketones is 1. The van der Waals surface area contributed by atoms with Gasteiger partial charge >= 0.3 is 18.2 Å². The van der Waals surface area contributed by atoms with Gasteiger partial charge in [-0.2, -0.15) is 0 Å². The third kappa shape index (κ3) is 13.3. The lowest BCUT2D eigenvalue weighted by atomic mass is 10.1. The van der Waals surface area contributed by atoms with Crippen LogP contribution in [0.25, 0.3) is 0 Å². The highest BCUT2D eigenvalue weighted by Crippen LogP contribution is 2.45. The molecule has 6 atom stereocenters. The van der Waals surface area contributed by atoms with Gasteiger partial charge in [-0.1, -0.05) is 25.3 Å². The molecule has 0 spiro atoms. The van der Waals surface area contributed by atoms with Crippen molar-refractivity contribution in [3.05, 3.63) is 60.7 Å². The molecule has 6 heterocycles. The molecule has 2 aromatic rings. The Hall–Kier alpha value is -6.42. The molecule has 74 heavy (non-hydrogen) atoms. The maximum atomic E-state index is 13.8. The van der Waals surface area contributed by atoms with Crippen molar-refractivity contribution in [2.24, 2.45) is 0 Å². The molecule has 21 nitrogen and oxygen atoms in total. The van der Waals surface area contributed by atoms with Gasteiger partial charge in [0.25, 0.3) is 11.8 Å². The lowest BCUT2D eigenvalue weighted by Gasteiger charge is -2.38. The van der Waals surface area contributed by atoms with Crippen molar-refractivity contribution in [2.75, 3.05) is 76.8 Å². The number of carbonyl (C=O) groups excluding carboxylic acids is 5. The fraction of sp³-hybridized carbons (Fsp3) is 0.585. The second kappa shape index (κ2) is 26.7. The van der Waals surface area contributed by atoms with E-state index in [1.165, 1.54) is 43.1 Å². The molecular formula is C53H70N4O17. The summed E-state index contributed by atoms with van der Waals surface area (Å²) in [6.45, 7) is 11.4. The molecule has 6 aliphatic heterocycles. The Labute approximate surface area is 431 Å². The van der Waals surface area contributed by atoms with Crippen LogP contribution in [0.2, 0.25) is 0 Å². The van der Waals surface area contributed by atoms with E-state index < -0.39 is 49.2 Å². The van der Waals surface area contributed by atoms with E-state index in [0.717, 1.165) is 38.5 Å². The van der Waals surface area contributed by atoms with Crippen molar-refractivity contribution in [1.29, 1.82) is 0 Å². The summed E-state index contributed by atoms with van der Waals surface area (Å²) in [5.74, 6) is -0.0202. The van der Waals surface area contributed by atoms with Crippen molar-refractivity contribution >= 4 is 47.1 Å². The van der Waals surface area contributed by atoms with Crippen LogP contribution in [-0.4, -0.2) is 155 Å². The predicted octanol–water partition coefficient (Wildman–Crippen LogP) is 7.62. The topological polar surface area (TPSA) is 228 Å². The van der Waals surface area contributed by atoms with E-state index in [2.05, 4.69) is 13.2 Å². The Morgan fingerprint density at radius 1 is 0.635 bits per heavy atom. The van der Waals surface area contributed by atoms with Gasteiger partial charge in [0.05, 0.1) is 62.0 Å². The number of anilines is 2. The molecule has 4 saturated heterocycles. The average Bonchev–Trinajstić information content (AvgIpc) is 4.08. The molecule has 2 aromatic carbocycles. The molecule has 4 amide bonds. The van der Waals surface area contributed by atoms with Gasteiger partial charge in [0.15, 0.2) is 48.0 Å². The third-order valence-corrected chi connectivity index (χ3v) is 13.5. The van der Waals surface area contributed by atoms with Crippen LogP contribution in [0.1, 0.15) is 118 Å². The number of hydrogen-bond acceptors (Lipinski definition) is 16. The van der Waals surface area contributed by atoms with E-state index in [1.54, 1.807) is 34.1 Å². The summed E-state index contributed by atoms with van der Waals surface area (Å²) < 4.78 is 58.3. The standard InChI is InChI=1S/C27H36N2O8.C26H34N2O9/c1-4-13-36-27(32)29-21-17-23(34-15-8-9-18(2)30)22(33-3)16-19(21)25(31)28-12-7-10-20(28)26(29)37-24-11-5-6-14-35-24;1-3-12-36-26(32)28-19-16-21(34-14-7-9-22(29)30)20(33-2)15-17(19)24(31)27-11-6-8-18(27)25(28)37-23-10-4-5-13-35-23/h4,16-17,20,24,26H,1,5-15H2,2-3H3;3,15-16,18,23,25H,1,4-14H2,2H3,(H,29,30)/t20-,24?,26?;18-,23?,25?/m00/s1. The van der Waals surface area contributed by atoms with E-state index in [4.69, 9.17) is 52.5 Å². The minimum absolute atomic E-state index is 0.00417. The van der Waals surface area contributed by atoms with Crippen molar-refractivity contribution < 1.29 is 81.2 Å². The van der Waals surface area contributed by atoms with Crippen LogP contribution in [0, 0.1) is 0 Å². The van der Waals surface area contributed by atoms with E-state index >= 15 is 0 Å². The molecule has 8 rings (SSSR count). The number of carboxylic acids is 1. The van der Waals surface area contributed by atoms with Gasteiger partial charge in [-0.25, -0.2) is 19.4 Å². The molecular weight excluding hydrogens is 965 g/mol. The number of fused-ring (bicyclic) bond motifs is 4. The van der Waals surface area contributed by atoms with Crippen LogP contribution >= 0.6 is 0 Å². The Balaban J connectivity index is 0.000000216. The second-order valence-corrected chi connectivity index (χ2v) is 18.6. The molecule has 0 aliphatic carbocycles. The molecule has 4 fully saturated rings. The molecule has 6 aliphatic rings. The fourth-order valence-corrected chi connectivity index (χ4v) is 9.96. The molecule has 404 valence electrons. The number of amides is 4. The summed E-state index contributed by atoms with van der Waals surface area (Å²) in [6.07, 6.45) is 8.14. The van der Waals surface area contributed by atoms with Crippen LogP contribution in [0.5, 0.6) is 23.0 Å². The predicted molar refractivity (Wildman–Crippen MR) is 267 cm³/mol. The number of aliphatic carboxylic acids is 1. The molecule has 0 saturated carbocycles. The van der Waals surface area contributed by atoms with Gasteiger partial charge in [0, 0.05) is 51.3 Å². The summed E-state index contributed by atoms with van der Waals surface area (Å²) in [5.41, 5.74) is 1.14. The fourth-order valence-electron chi connectivity index (χ4n) is 9.96. The number of Topliss-reactive ketones (excluding diaryl/α,β-unsaturated/α-hetero) is 1. The van der Waals surface area contributed by atoms with Crippen LogP contribution in [0.4, 0.5) is 21.0 Å². The van der Waals surface area contributed by atoms with Crippen molar-refractivity contribution in [1.82, 2.24) is 9.80 Å². The summed E-state index contributed by atoms with van der Waals surface area (Å²) >= 11 is 0. The number of nitrogens with zero attached hydrogens (tertiary/aromatic N) is 4. The summed E-state index contributed by atoms with van der Waals surface area (Å²) in [4.78, 5) is 83.0. The first-order valence-corrected chi connectivity index (χ1v) is 25.6. The van der Waals surface area contributed by atoms with E-state index in [1.807, 2.05) is 0 Å². The Bertz CT molecular complexity index is 2170. The summed E-state index contributed by atoms with van der Waals surface area (Å²) in [6, 6.07) is 5.56. The minimum atomic E-state index is -0.926. The minimum Gasteiger partial charge on any atom is -0.493 e. The first-order chi connectivity index (χ1) is 35.9. The van der Waals surface area contributed by atoms with Gasteiger partial charge in [-0.05, 0) is 96.1 Å². The average molecular weight is 1040 g/mol. The Morgan fingerprint density at radius 3 is 1.46 bits per heavy atom. The smallest absolute Gasteiger partial charge is 0.416 e. The number of rotatable bonds is 20. The van der Waals surface area contributed by atoms with E-state index in [9.17, 15) is 28.8 Å². The van der Waals surface area contributed by atoms with Gasteiger partial charge in [-0.15, -0.1) is 0 Å². The van der Waals surface area contributed by atoms with Crippen molar-refractivity contribution in [2.45, 2.75) is 134 Å². The maximum absolute atomic E-state index is 13.8. The van der Waals surface area contributed by atoms with E-state index in [-0.39, 0.29) is 79.9 Å². The lowest BCUT2D eigenvalue weighted by molar-refractivity contribution is -0.195. The van der Waals surface area contributed by atoms with Crippen LogP contribution in [0.3, 0.4) is 0 Å². The highest BCUT2D eigenvalue weighted by atomic mass is 16.7. The normalized spacial score (nSPS) is 23.1. The number of benzene rings is 2. The SMILES string of the molecule is C=CCOC(=O)N1c2cc(OCCCC(=O)O)c(OC)cc2C(=O)N2CCC[C@H]2C1OC1CCCCO1.C=CCOC(=O)N1c2cc(OCCCC(C)=O)c(OC)cc2C(=O)N2CCC[C@H]2C1OC1CCCCO1. The molecule has 0 radical (unpaired) electrons. The van der Waals surface area contributed by atoms with Crippen LogP contribution < -0.4 is 28.7 Å². The Kier molecular flexibility index (Phi) is 20.0. The molecule has 0 bridgehead atoms. The third-order valence-electron chi connectivity index (χ3n) is 13.5. The number of carboxylic acid groups (broad SMARTS) is 1. The van der Waals surface area contributed by atoms with Gasteiger partial charge < -0.3 is 67.1 Å². The zero-order valence-corrected chi connectivity index (χ0v) is 42.7. The first-order valence-electron chi connectivity index (χ1n) is 25.6. The Morgan fingerprint density at radius 2 is 1.08 bits per heavy atom. The van der Waals surface area contributed by atoms with Gasteiger partial charge in [-0.3, -0.25) is 14.4 Å². The molecule has 21 heteroatoms. The van der Waals surface area contributed by atoms with Gasteiger partial charge in [0.2, 0.25) is 0 Å². The maximum Gasteiger partial charge on any atom is 0.416 e. The number of ether oxygens (including phenoxy) is 10. The van der Waals surface area contributed by atoms with Crippen molar-refractivity contribution in [3.63, 3.8) is 0 Å². The number of methoxy groups -OCH3 is 2. The monoisotopic (exact) mass is 1030 g/mol. The summed E-state index contributed by atoms with van der Waals surface area (Å²) in [5, 5.41) is 8.93. The highest BCUT2D eigenvalue weighted by molar-refractivity contribution is 6.07. The zero-order valence-electron chi connectivity index (χ0n) is 42.7. The zero-order chi connectivity index (χ0) is 52.7. The quantitative estimate of drug-likeness (QED) is 0.0994. The molecule has 4 unspecified atom stereocenters. The highest BCUT2D eigenvalue weighted by Gasteiger charge is 2.49.